The summed E-state index contributed by atoms with van der Waals surface area (Å²) in [5.41, 5.74) is 11.1. The van der Waals surface area contributed by atoms with Gasteiger partial charge in [-0.15, -0.1) is 12.4 Å². The normalized spacial score (nSPS) is 15.1. The van der Waals surface area contributed by atoms with Crippen molar-refractivity contribution in [3.8, 4) is 0 Å². The third-order valence-electron chi connectivity index (χ3n) is 5.69. The molecule has 0 radical (unpaired) electrons. The first-order valence-electron chi connectivity index (χ1n) is 10.2. The summed E-state index contributed by atoms with van der Waals surface area (Å²) in [5, 5.41) is 0. The molecule has 0 aliphatic carbocycles. The molecule has 1 aliphatic heterocycles. The van der Waals surface area contributed by atoms with Crippen LogP contribution in [-0.2, 0) is 18.3 Å². The molecule has 3 rings (SSSR count). The van der Waals surface area contributed by atoms with Crippen LogP contribution in [0.15, 0.2) is 30.6 Å². The summed E-state index contributed by atoms with van der Waals surface area (Å²) >= 11 is 0. The minimum Gasteiger partial charge on any atom is -0.337 e. The number of nitrogens with zero attached hydrogens (tertiary/aromatic N) is 3. The molecule has 2 heterocycles. The van der Waals surface area contributed by atoms with Crippen LogP contribution in [0.25, 0.3) is 0 Å². The van der Waals surface area contributed by atoms with Crippen LogP contribution in [0.1, 0.15) is 66.5 Å². The van der Waals surface area contributed by atoms with Gasteiger partial charge in [0.05, 0.1) is 0 Å². The van der Waals surface area contributed by atoms with E-state index in [1.807, 2.05) is 11.8 Å². The molecule has 1 aliphatic rings. The molecule has 1 aromatic carbocycles. The molecule has 2 N–H and O–H groups in total. The van der Waals surface area contributed by atoms with Crippen LogP contribution in [0, 0.1) is 6.92 Å². The first-order chi connectivity index (χ1) is 13.3. The lowest BCUT2D eigenvalue weighted by Gasteiger charge is -2.30. The lowest BCUT2D eigenvalue weighted by molar-refractivity contribution is 0.0707. The van der Waals surface area contributed by atoms with Crippen molar-refractivity contribution in [2.24, 2.45) is 5.73 Å². The highest BCUT2D eigenvalue weighted by Gasteiger charge is 2.24. The first kappa shape index (κ1) is 23.3. The van der Waals surface area contributed by atoms with Gasteiger partial charge in [-0.05, 0) is 49.1 Å². The van der Waals surface area contributed by atoms with Crippen molar-refractivity contribution in [1.82, 2.24) is 14.9 Å². The van der Waals surface area contributed by atoms with Crippen molar-refractivity contribution in [3.63, 3.8) is 0 Å². The number of amides is 1. The molecule has 5 nitrogen and oxygen atoms in total. The van der Waals surface area contributed by atoms with Gasteiger partial charge in [0.15, 0.2) is 0 Å². The van der Waals surface area contributed by atoms with E-state index in [4.69, 9.17) is 5.73 Å². The summed E-state index contributed by atoms with van der Waals surface area (Å²) in [6.07, 6.45) is 4.93. The van der Waals surface area contributed by atoms with Gasteiger partial charge in [-0.1, -0.05) is 45.0 Å². The highest BCUT2D eigenvalue weighted by atomic mass is 35.5. The molecule has 1 amide bonds. The second-order valence-electron chi connectivity index (χ2n) is 8.87. The topological polar surface area (TPSA) is 72.1 Å². The fraction of sp³-hybridized carbons (Fsp3) is 0.522. The Hall–Kier alpha value is -1.98. The molecule has 0 atom stereocenters. The van der Waals surface area contributed by atoms with Crippen LogP contribution in [0.5, 0.6) is 0 Å². The second kappa shape index (κ2) is 9.68. The van der Waals surface area contributed by atoms with Crippen molar-refractivity contribution >= 4 is 18.3 Å². The van der Waals surface area contributed by atoms with Crippen LogP contribution in [0.4, 0.5) is 0 Å². The van der Waals surface area contributed by atoms with Crippen molar-refractivity contribution < 1.29 is 4.79 Å². The van der Waals surface area contributed by atoms with Gasteiger partial charge in [-0.3, -0.25) is 4.79 Å². The van der Waals surface area contributed by atoms with E-state index >= 15 is 0 Å². The van der Waals surface area contributed by atoms with Crippen molar-refractivity contribution in [2.45, 2.75) is 64.8 Å². The lowest BCUT2D eigenvalue weighted by Crippen LogP contribution is -2.43. The Kier molecular flexibility index (Phi) is 7.78. The average Bonchev–Trinajstić information content (AvgIpc) is 2.67. The van der Waals surface area contributed by atoms with E-state index in [2.05, 4.69) is 55.0 Å². The van der Waals surface area contributed by atoms with Crippen molar-refractivity contribution in [3.05, 3.63) is 58.7 Å². The number of carbonyl (C=O) groups excluding carboxylic acids is 1. The number of benzene rings is 1. The summed E-state index contributed by atoms with van der Waals surface area (Å²) < 4.78 is 0. The van der Waals surface area contributed by atoms with Crippen LogP contribution < -0.4 is 5.73 Å². The molecule has 158 valence electrons. The van der Waals surface area contributed by atoms with Gasteiger partial charge in [0.2, 0.25) is 0 Å². The second-order valence-corrected chi connectivity index (χ2v) is 8.87. The third-order valence-corrected chi connectivity index (χ3v) is 5.69. The molecular weight excluding hydrogens is 384 g/mol. The van der Waals surface area contributed by atoms with E-state index in [0.717, 1.165) is 36.9 Å². The highest BCUT2D eigenvalue weighted by Crippen LogP contribution is 2.23. The van der Waals surface area contributed by atoms with Gasteiger partial charge in [0.25, 0.3) is 5.91 Å². The smallest absolute Gasteiger partial charge is 0.272 e. The Balaban J connectivity index is 0.00000300. The molecule has 0 bridgehead atoms. The minimum absolute atomic E-state index is 0. The Morgan fingerprint density at radius 3 is 2.31 bits per heavy atom. The number of hydrogen-bond donors (Lipinski definition) is 1. The molecular formula is C23H33ClN4O. The van der Waals surface area contributed by atoms with Gasteiger partial charge in [0.1, 0.15) is 12.0 Å². The molecule has 0 spiro atoms. The van der Waals surface area contributed by atoms with E-state index in [1.165, 1.54) is 17.5 Å². The maximum absolute atomic E-state index is 12.9. The molecule has 0 unspecified atom stereocenters. The number of nitrogens with two attached hydrogens (primary N) is 1. The standard InChI is InChI=1S/C23H32N4O.ClH/c1-16-20(10-7-17-5-8-18(9-6-17)23(2,3)4)25-15-26-21(16)22(28)27-13-11-19(24)12-14-27;/h5-6,8-9,15,19H,7,10-14,24H2,1-4H3;1H. The van der Waals surface area contributed by atoms with Crippen LogP contribution in [-0.4, -0.2) is 39.9 Å². The van der Waals surface area contributed by atoms with Crippen LogP contribution in [0.2, 0.25) is 0 Å². The largest absolute Gasteiger partial charge is 0.337 e. The van der Waals surface area contributed by atoms with Crippen LogP contribution >= 0.6 is 12.4 Å². The summed E-state index contributed by atoms with van der Waals surface area (Å²) in [5.74, 6) is 0.00239. The molecule has 2 aromatic rings. The summed E-state index contributed by atoms with van der Waals surface area (Å²) in [7, 11) is 0. The van der Waals surface area contributed by atoms with Gasteiger partial charge in [0, 0.05) is 30.4 Å². The number of halogens is 1. The van der Waals surface area contributed by atoms with E-state index in [1.54, 1.807) is 0 Å². The summed E-state index contributed by atoms with van der Waals surface area (Å²) in [6, 6.07) is 9.01. The van der Waals surface area contributed by atoms with E-state index < -0.39 is 0 Å². The Morgan fingerprint density at radius 1 is 1.10 bits per heavy atom. The number of aromatic nitrogens is 2. The zero-order valence-electron chi connectivity index (χ0n) is 17.9. The zero-order chi connectivity index (χ0) is 20.3. The maximum Gasteiger partial charge on any atom is 0.272 e. The molecule has 0 saturated carbocycles. The average molecular weight is 417 g/mol. The van der Waals surface area contributed by atoms with Crippen molar-refractivity contribution in [2.75, 3.05) is 13.1 Å². The van der Waals surface area contributed by atoms with Gasteiger partial charge in [-0.2, -0.15) is 0 Å². The van der Waals surface area contributed by atoms with Crippen molar-refractivity contribution in [1.29, 1.82) is 0 Å². The molecule has 6 heteroatoms. The monoisotopic (exact) mass is 416 g/mol. The number of piperidine rings is 1. The molecule has 29 heavy (non-hydrogen) atoms. The molecule has 1 fully saturated rings. The predicted molar refractivity (Wildman–Crippen MR) is 120 cm³/mol. The van der Waals surface area contributed by atoms with Gasteiger partial charge >= 0.3 is 0 Å². The lowest BCUT2D eigenvalue weighted by atomic mass is 9.86. The van der Waals surface area contributed by atoms with E-state index in [9.17, 15) is 4.79 Å². The number of aryl methyl sites for hydroxylation is 2. The Morgan fingerprint density at radius 2 is 1.72 bits per heavy atom. The van der Waals surface area contributed by atoms with Gasteiger partial charge in [-0.25, -0.2) is 9.97 Å². The number of likely N-dealkylation sites (tertiary alicyclic amines) is 1. The number of carbonyl (C=O) groups is 1. The predicted octanol–water partition coefficient (Wildman–Crippen LogP) is 3.85. The minimum atomic E-state index is 0. The SMILES string of the molecule is Cc1c(CCc2ccc(C(C)(C)C)cc2)ncnc1C(=O)N1CCC(N)CC1.Cl. The molecule has 1 aromatic heterocycles. The first-order valence-corrected chi connectivity index (χ1v) is 10.2. The molecule has 1 saturated heterocycles. The Labute approximate surface area is 180 Å². The zero-order valence-corrected chi connectivity index (χ0v) is 18.8. The fourth-order valence-electron chi connectivity index (χ4n) is 3.64. The summed E-state index contributed by atoms with van der Waals surface area (Å²) in [6.45, 7) is 10.0. The highest BCUT2D eigenvalue weighted by molar-refractivity contribution is 5.93. The number of hydrogen-bond acceptors (Lipinski definition) is 4. The Bertz CT molecular complexity index is 822. The van der Waals surface area contributed by atoms with E-state index in [0.29, 0.717) is 18.8 Å². The maximum atomic E-state index is 12.9. The summed E-state index contributed by atoms with van der Waals surface area (Å²) in [4.78, 5) is 23.5. The van der Waals surface area contributed by atoms with E-state index in [-0.39, 0.29) is 29.8 Å². The quantitative estimate of drug-likeness (QED) is 0.821. The number of rotatable bonds is 4. The third kappa shape index (κ3) is 5.77. The van der Waals surface area contributed by atoms with Gasteiger partial charge < -0.3 is 10.6 Å². The fourth-order valence-corrected chi connectivity index (χ4v) is 3.64. The van der Waals surface area contributed by atoms with Crippen LogP contribution in [0.3, 0.4) is 0 Å².